The second kappa shape index (κ2) is 11.6. The van der Waals surface area contributed by atoms with Crippen molar-refractivity contribution in [2.45, 2.75) is 44.8 Å². The first kappa shape index (κ1) is 25.1. The third-order valence-electron chi connectivity index (χ3n) is 6.21. The predicted octanol–water partition coefficient (Wildman–Crippen LogP) is 4.19. The Hall–Kier alpha value is -4.01. The van der Waals surface area contributed by atoms with Crippen LogP contribution in [-0.2, 0) is 29.0 Å². The zero-order valence-corrected chi connectivity index (χ0v) is 20.4. The smallest absolute Gasteiger partial charge is 0.303 e. The first-order valence-corrected chi connectivity index (χ1v) is 11.9. The summed E-state index contributed by atoms with van der Waals surface area (Å²) < 4.78 is 21.9. The van der Waals surface area contributed by atoms with Crippen LogP contribution in [0.25, 0.3) is 0 Å². The van der Waals surface area contributed by atoms with E-state index in [0.29, 0.717) is 36.1 Å². The third-order valence-corrected chi connectivity index (χ3v) is 6.21. The van der Waals surface area contributed by atoms with E-state index in [-0.39, 0.29) is 31.2 Å². The second-order valence-corrected chi connectivity index (χ2v) is 8.66. The lowest BCUT2D eigenvalue weighted by Crippen LogP contribution is -2.32. The molecule has 1 aromatic heterocycles. The summed E-state index contributed by atoms with van der Waals surface area (Å²) in [6, 6.07) is 14.7. The van der Waals surface area contributed by atoms with Gasteiger partial charge in [-0.15, -0.1) is 0 Å². The molecule has 4 rings (SSSR count). The largest absolute Gasteiger partial charge is 0.497 e. The minimum Gasteiger partial charge on any atom is -0.497 e. The summed E-state index contributed by atoms with van der Waals surface area (Å²) in [7, 11) is 3.20. The number of benzene rings is 2. The molecular weight excluding hydrogens is 464 g/mol. The summed E-state index contributed by atoms with van der Waals surface area (Å²) in [6.45, 7) is 1.02. The number of aryl methyl sites for hydroxylation is 1. The molecule has 2 aromatic carbocycles. The van der Waals surface area contributed by atoms with Gasteiger partial charge in [0.15, 0.2) is 11.5 Å². The number of carboxylic acids is 1. The van der Waals surface area contributed by atoms with Gasteiger partial charge in [-0.3, -0.25) is 9.59 Å². The highest BCUT2D eigenvalue weighted by molar-refractivity contribution is 5.79. The Kier molecular flexibility index (Phi) is 8.10. The minimum atomic E-state index is -0.891. The van der Waals surface area contributed by atoms with Crippen LogP contribution in [0.2, 0.25) is 0 Å². The van der Waals surface area contributed by atoms with E-state index in [1.807, 2.05) is 47.4 Å². The molecule has 190 valence electrons. The number of hydrogen-bond donors (Lipinski definition) is 1. The highest BCUT2D eigenvalue weighted by Crippen LogP contribution is 2.33. The molecule has 1 unspecified atom stereocenters. The minimum absolute atomic E-state index is 0.0125. The summed E-state index contributed by atoms with van der Waals surface area (Å²) in [5, 5.41) is 13.0. The number of carbonyl (C=O) groups is 2. The average Bonchev–Trinajstić information content (AvgIpc) is 3.56. The van der Waals surface area contributed by atoms with Crippen molar-refractivity contribution in [1.29, 1.82) is 0 Å². The van der Waals surface area contributed by atoms with Crippen LogP contribution < -0.4 is 14.2 Å². The molecule has 0 bridgehead atoms. The summed E-state index contributed by atoms with van der Waals surface area (Å²) in [6.07, 6.45) is 2.13. The number of nitrogens with zero attached hydrogens (tertiary/aromatic N) is 2. The summed E-state index contributed by atoms with van der Waals surface area (Å²) in [5.41, 5.74) is 2.49. The number of rotatable bonds is 11. The average molecular weight is 495 g/mol. The van der Waals surface area contributed by atoms with Crippen LogP contribution in [0.15, 0.2) is 53.1 Å². The van der Waals surface area contributed by atoms with Crippen molar-refractivity contribution in [3.05, 3.63) is 71.1 Å². The van der Waals surface area contributed by atoms with Gasteiger partial charge in [-0.05, 0) is 48.2 Å². The molecule has 1 fully saturated rings. The Bertz CT molecular complexity index is 1190. The zero-order chi connectivity index (χ0) is 25.5. The van der Waals surface area contributed by atoms with Gasteiger partial charge in [0.25, 0.3) is 0 Å². The van der Waals surface area contributed by atoms with Gasteiger partial charge in [0.2, 0.25) is 5.91 Å². The number of carboxylic acid groups (broad SMARTS) is 1. The predicted molar refractivity (Wildman–Crippen MR) is 130 cm³/mol. The summed E-state index contributed by atoms with van der Waals surface area (Å²) in [5.74, 6) is 1.56. The van der Waals surface area contributed by atoms with E-state index < -0.39 is 5.97 Å². The van der Waals surface area contributed by atoms with Crippen molar-refractivity contribution in [2.24, 2.45) is 0 Å². The van der Waals surface area contributed by atoms with Crippen LogP contribution in [0, 0.1) is 0 Å². The lowest BCUT2D eigenvalue weighted by atomic mass is 10.1. The van der Waals surface area contributed by atoms with Crippen molar-refractivity contribution in [3.63, 3.8) is 0 Å². The number of ether oxygens (including phenoxy) is 3. The molecule has 9 nitrogen and oxygen atoms in total. The quantitative estimate of drug-likeness (QED) is 0.422. The molecule has 9 heteroatoms. The number of aromatic nitrogens is 1. The maximum atomic E-state index is 13.2. The molecule has 1 saturated heterocycles. The van der Waals surface area contributed by atoms with Gasteiger partial charge in [0.05, 0.1) is 33.1 Å². The Morgan fingerprint density at radius 2 is 1.83 bits per heavy atom. The van der Waals surface area contributed by atoms with E-state index in [0.717, 1.165) is 29.7 Å². The van der Waals surface area contributed by atoms with E-state index in [9.17, 15) is 9.59 Å². The van der Waals surface area contributed by atoms with E-state index in [1.54, 1.807) is 20.3 Å². The maximum absolute atomic E-state index is 13.2. The molecule has 0 saturated carbocycles. The Morgan fingerprint density at radius 1 is 1.06 bits per heavy atom. The first-order chi connectivity index (χ1) is 17.5. The van der Waals surface area contributed by atoms with Gasteiger partial charge in [-0.2, -0.15) is 0 Å². The van der Waals surface area contributed by atoms with Gasteiger partial charge in [0, 0.05) is 19.0 Å². The molecule has 3 aromatic rings. The van der Waals surface area contributed by atoms with Crippen LogP contribution in [0.4, 0.5) is 0 Å². The molecule has 0 radical (unpaired) electrons. The van der Waals surface area contributed by atoms with Crippen LogP contribution in [0.5, 0.6) is 17.2 Å². The van der Waals surface area contributed by atoms with E-state index in [2.05, 4.69) is 5.16 Å². The van der Waals surface area contributed by atoms with Gasteiger partial charge < -0.3 is 28.7 Å². The molecule has 36 heavy (non-hydrogen) atoms. The fourth-order valence-electron chi connectivity index (χ4n) is 4.31. The van der Waals surface area contributed by atoms with Crippen LogP contribution in [-0.4, -0.2) is 47.8 Å². The first-order valence-electron chi connectivity index (χ1n) is 11.9. The van der Waals surface area contributed by atoms with Gasteiger partial charge in [0.1, 0.15) is 23.8 Å². The van der Waals surface area contributed by atoms with Crippen molar-refractivity contribution in [2.75, 3.05) is 20.8 Å². The lowest BCUT2D eigenvalue weighted by Gasteiger charge is -2.23. The highest BCUT2D eigenvalue weighted by Gasteiger charge is 2.32. The van der Waals surface area contributed by atoms with Crippen molar-refractivity contribution in [3.8, 4) is 17.2 Å². The standard InChI is InChI=1S/C27H30N2O7/c1-33-20-8-5-18(6-9-20)17-35-24-11-7-19(14-25(24)34-2)15-26(30)29-13-3-4-23(29)22-16-21(36-28-22)10-12-27(31)32/h5-9,11,14,16,23H,3-4,10,12-13,15,17H2,1-2H3,(H,31,32). The van der Waals surface area contributed by atoms with Gasteiger partial charge in [-0.1, -0.05) is 23.4 Å². The molecule has 1 aliphatic heterocycles. The lowest BCUT2D eigenvalue weighted by molar-refractivity contribution is -0.137. The maximum Gasteiger partial charge on any atom is 0.303 e. The van der Waals surface area contributed by atoms with Crippen LogP contribution in [0.3, 0.4) is 0 Å². The third kappa shape index (κ3) is 6.16. The SMILES string of the molecule is COc1ccc(COc2ccc(CC(=O)N3CCCC3c3cc(CCC(=O)O)on3)cc2OC)cc1. The van der Waals surface area contributed by atoms with Crippen molar-refractivity contribution in [1.82, 2.24) is 10.1 Å². The van der Waals surface area contributed by atoms with Gasteiger partial charge in [-0.25, -0.2) is 0 Å². The van der Waals surface area contributed by atoms with Gasteiger partial charge >= 0.3 is 5.97 Å². The molecular formula is C27H30N2O7. The molecule has 1 aliphatic rings. The van der Waals surface area contributed by atoms with Crippen molar-refractivity contribution < 1.29 is 33.4 Å². The molecule has 0 aliphatic carbocycles. The highest BCUT2D eigenvalue weighted by atomic mass is 16.5. The Morgan fingerprint density at radius 3 is 2.56 bits per heavy atom. The second-order valence-electron chi connectivity index (χ2n) is 8.66. The number of likely N-dealkylation sites (tertiary alicyclic amines) is 1. The molecule has 2 heterocycles. The van der Waals surface area contributed by atoms with Crippen LogP contribution in [0.1, 0.15) is 47.9 Å². The zero-order valence-electron chi connectivity index (χ0n) is 20.4. The Balaban J connectivity index is 1.38. The fraction of sp³-hybridized carbons (Fsp3) is 0.370. The molecule has 1 amide bonds. The number of methoxy groups -OCH3 is 2. The monoisotopic (exact) mass is 494 g/mol. The number of aliphatic carboxylic acids is 1. The van der Waals surface area contributed by atoms with E-state index in [4.69, 9.17) is 23.8 Å². The Labute approximate surface area is 209 Å². The molecule has 1 N–H and O–H groups in total. The number of hydrogen-bond acceptors (Lipinski definition) is 7. The topological polar surface area (TPSA) is 111 Å². The fourth-order valence-corrected chi connectivity index (χ4v) is 4.31. The van der Waals surface area contributed by atoms with E-state index in [1.165, 1.54) is 0 Å². The molecule has 0 spiro atoms. The van der Waals surface area contributed by atoms with E-state index >= 15 is 0 Å². The normalized spacial score (nSPS) is 15.1. The molecule has 1 atom stereocenters. The number of amides is 1. The van der Waals surface area contributed by atoms with Crippen LogP contribution >= 0.6 is 0 Å². The summed E-state index contributed by atoms with van der Waals surface area (Å²) >= 11 is 0. The summed E-state index contributed by atoms with van der Waals surface area (Å²) in [4.78, 5) is 25.8. The number of carbonyl (C=O) groups excluding carboxylic acids is 1. The van der Waals surface area contributed by atoms with Crippen molar-refractivity contribution >= 4 is 11.9 Å².